The number of hydrogen-bond acceptors (Lipinski definition) is 5. The van der Waals surface area contributed by atoms with Crippen LogP contribution in [0.15, 0.2) is 39.9 Å². The highest BCUT2D eigenvalue weighted by atomic mass is 16.3. The van der Waals surface area contributed by atoms with Crippen LogP contribution < -0.4 is 5.56 Å². The number of rotatable bonds is 6. The lowest BCUT2D eigenvalue weighted by atomic mass is 10.1. The van der Waals surface area contributed by atoms with Crippen molar-refractivity contribution in [3.63, 3.8) is 0 Å². The normalized spacial score (nSPS) is 20.2. The van der Waals surface area contributed by atoms with Gasteiger partial charge >= 0.3 is 0 Å². The van der Waals surface area contributed by atoms with Gasteiger partial charge < -0.3 is 4.42 Å². The van der Waals surface area contributed by atoms with Gasteiger partial charge in [-0.2, -0.15) is 0 Å². The summed E-state index contributed by atoms with van der Waals surface area (Å²) >= 11 is 0. The molecule has 152 valence electrons. The Balaban J connectivity index is 1.54. The van der Waals surface area contributed by atoms with Crippen LogP contribution in [0.25, 0.3) is 10.9 Å². The van der Waals surface area contributed by atoms with Crippen molar-refractivity contribution in [3.05, 3.63) is 58.3 Å². The van der Waals surface area contributed by atoms with Gasteiger partial charge in [0, 0.05) is 19.0 Å². The standard InChI is InChI=1S/C23H28N4O2/c1-15(2)21-19(24-14-29-21)13-26-11-5-8-20(26)22-25-18-7-4-3-6-17(18)23(28)27(22)12-16-9-10-16/h3-4,6-7,14-16,20H,5,8-13H2,1-2H3. The van der Waals surface area contributed by atoms with Gasteiger partial charge in [-0.15, -0.1) is 0 Å². The first-order valence-corrected chi connectivity index (χ1v) is 10.8. The minimum absolute atomic E-state index is 0.105. The third kappa shape index (κ3) is 3.50. The zero-order chi connectivity index (χ0) is 20.0. The van der Waals surface area contributed by atoms with Gasteiger partial charge in [0.15, 0.2) is 6.39 Å². The maximum absolute atomic E-state index is 13.3. The van der Waals surface area contributed by atoms with Gasteiger partial charge in [0.1, 0.15) is 11.6 Å². The van der Waals surface area contributed by atoms with Crippen LogP contribution in [-0.4, -0.2) is 26.0 Å². The molecule has 3 aromatic rings. The van der Waals surface area contributed by atoms with Crippen LogP contribution in [0.3, 0.4) is 0 Å². The summed E-state index contributed by atoms with van der Waals surface area (Å²) in [7, 11) is 0. The first-order chi connectivity index (χ1) is 14.1. The first kappa shape index (κ1) is 18.6. The molecule has 1 aliphatic carbocycles. The zero-order valence-corrected chi connectivity index (χ0v) is 17.2. The molecule has 0 N–H and O–H groups in total. The number of oxazole rings is 1. The summed E-state index contributed by atoms with van der Waals surface area (Å²) in [6.45, 7) is 6.77. The molecule has 29 heavy (non-hydrogen) atoms. The van der Waals surface area contributed by atoms with Gasteiger partial charge in [0.25, 0.3) is 5.56 Å². The van der Waals surface area contributed by atoms with E-state index in [4.69, 9.17) is 9.40 Å². The number of fused-ring (bicyclic) bond motifs is 1. The summed E-state index contributed by atoms with van der Waals surface area (Å²) in [6.07, 6.45) is 6.09. The van der Waals surface area contributed by atoms with Crippen molar-refractivity contribution < 1.29 is 4.42 Å². The Kier molecular flexibility index (Phi) is 4.74. The molecule has 6 heteroatoms. The topological polar surface area (TPSA) is 64.2 Å². The molecule has 2 aromatic heterocycles. The fraction of sp³-hybridized carbons (Fsp3) is 0.522. The van der Waals surface area contributed by atoms with E-state index >= 15 is 0 Å². The molecule has 2 fully saturated rings. The van der Waals surface area contributed by atoms with Crippen molar-refractivity contribution in [1.29, 1.82) is 0 Å². The number of hydrogen-bond donors (Lipinski definition) is 0. The SMILES string of the molecule is CC(C)c1ocnc1CN1CCCC1c1nc2ccccc2c(=O)n1CC1CC1. The van der Waals surface area contributed by atoms with Gasteiger partial charge in [-0.1, -0.05) is 26.0 Å². The number of likely N-dealkylation sites (tertiary alicyclic amines) is 1. The second-order valence-electron chi connectivity index (χ2n) is 8.79. The summed E-state index contributed by atoms with van der Waals surface area (Å²) in [5.41, 5.74) is 1.91. The molecule has 0 radical (unpaired) electrons. The van der Waals surface area contributed by atoms with Crippen LogP contribution in [0.4, 0.5) is 0 Å². The zero-order valence-electron chi connectivity index (χ0n) is 17.2. The molecule has 0 spiro atoms. The molecule has 1 saturated heterocycles. The summed E-state index contributed by atoms with van der Waals surface area (Å²) in [5, 5.41) is 0.722. The van der Waals surface area contributed by atoms with Crippen molar-refractivity contribution in [2.24, 2.45) is 5.92 Å². The number of nitrogens with zero attached hydrogens (tertiary/aromatic N) is 4. The van der Waals surface area contributed by atoms with Crippen molar-refractivity contribution in [3.8, 4) is 0 Å². The molecule has 1 unspecified atom stereocenters. The van der Waals surface area contributed by atoms with Crippen molar-refractivity contribution in [2.45, 2.75) is 64.6 Å². The van der Waals surface area contributed by atoms with E-state index in [1.54, 1.807) is 6.39 Å². The van der Waals surface area contributed by atoms with Gasteiger partial charge in [0.05, 0.1) is 22.6 Å². The van der Waals surface area contributed by atoms with E-state index in [-0.39, 0.29) is 11.6 Å². The Morgan fingerprint density at radius 3 is 2.83 bits per heavy atom. The molecular weight excluding hydrogens is 364 g/mol. The molecule has 3 heterocycles. The van der Waals surface area contributed by atoms with E-state index in [1.807, 2.05) is 28.8 Å². The monoisotopic (exact) mass is 392 g/mol. The predicted molar refractivity (Wildman–Crippen MR) is 112 cm³/mol. The molecule has 1 saturated carbocycles. The minimum atomic E-state index is 0.105. The molecule has 1 aliphatic heterocycles. The fourth-order valence-corrected chi connectivity index (χ4v) is 4.54. The van der Waals surface area contributed by atoms with Crippen molar-refractivity contribution >= 4 is 10.9 Å². The molecule has 6 nitrogen and oxygen atoms in total. The van der Waals surface area contributed by atoms with Gasteiger partial charge in [-0.25, -0.2) is 9.97 Å². The van der Waals surface area contributed by atoms with Gasteiger partial charge in [-0.3, -0.25) is 14.3 Å². The van der Waals surface area contributed by atoms with Crippen LogP contribution in [0, 0.1) is 5.92 Å². The third-order valence-corrected chi connectivity index (χ3v) is 6.24. The molecule has 5 rings (SSSR count). The second kappa shape index (κ2) is 7.41. The van der Waals surface area contributed by atoms with Crippen molar-refractivity contribution in [2.75, 3.05) is 6.54 Å². The first-order valence-electron chi connectivity index (χ1n) is 10.8. The summed E-state index contributed by atoms with van der Waals surface area (Å²) in [4.78, 5) is 25.2. The largest absolute Gasteiger partial charge is 0.448 e. The van der Waals surface area contributed by atoms with Crippen LogP contribution in [-0.2, 0) is 13.1 Å². The quantitative estimate of drug-likeness (QED) is 0.627. The summed E-state index contributed by atoms with van der Waals surface area (Å²) < 4.78 is 7.60. The number of para-hydroxylation sites is 1. The fourth-order valence-electron chi connectivity index (χ4n) is 4.54. The lowest BCUT2D eigenvalue weighted by Gasteiger charge is -2.26. The van der Waals surface area contributed by atoms with Crippen molar-refractivity contribution in [1.82, 2.24) is 19.4 Å². The van der Waals surface area contributed by atoms with Crippen LogP contribution >= 0.6 is 0 Å². The Hall–Kier alpha value is -2.47. The van der Waals surface area contributed by atoms with Crippen LogP contribution in [0.5, 0.6) is 0 Å². The van der Waals surface area contributed by atoms with E-state index in [2.05, 4.69) is 23.7 Å². The molecular formula is C23H28N4O2. The molecule has 1 atom stereocenters. The molecule has 1 aromatic carbocycles. The third-order valence-electron chi connectivity index (χ3n) is 6.24. The van der Waals surface area contributed by atoms with E-state index in [9.17, 15) is 4.79 Å². The average Bonchev–Trinajstić information content (AvgIpc) is 3.21. The Morgan fingerprint density at radius 1 is 1.21 bits per heavy atom. The lowest BCUT2D eigenvalue weighted by molar-refractivity contribution is 0.228. The Bertz CT molecular complexity index is 1080. The summed E-state index contributed by atoms with van der Waals surface area (Å²) in [5.74, 6) is 2.80. The molecule has 2 aliphatic rings. The smallest absolute Gasteiger partial charge is 0.261 e. The maximum Gasteiger partial charge on any atom is 0.261 e. The van der Waals surface area contributed by atoms with E-state index in [1.165, 1.54) is 12.8 Å². The van der Waals surface area contributed by atoms with Crippen LogP contribution in [0.1, 0.15) is 68.8 Å². The highest BCUT2D eigenvalue weighted by molar-refractivity contribution is 5.77. The number of benzene rings is 1. The minimum Gasteiger partial charge on any atom is -0.448 e. The summed E-state index contributed by atoms with van der Waals surface area (Å²) in [6, 6.07) is 7.87. The van der Waals surface area contributed by atoms with E-state index in [0.717, 1.165) is 60.7 Å². The van der Waals surface area contributed by atoms with E-state index < -0.39 is 0 Å². The predicted octanol–water partition coefficient (Wildman–Crippen LogP) is 4.26. The molecule has 0 bridgehead atoms. The maximum atomic E-state index is 13.3. The number of aromatic nitrogens is 3. The molecule has 0 amide bonds. The highest BCUT2D eigenvalue weighted by Gasteiger charge is 2.33. The lowest BCUT2D eigenvalue weighted by Crippen LogP contribution is -2.32. The van der Waals surface area contributed by atoms with E-state index in [0.29, 0.717) is 11.8 Å². The Labute approximate surface area is 170 Å². The van der Waals surface area contributed by atoms with Gasteiger partial charge in [-0.05, 0) is 50.3 Å². The highest BCUT2D eigenvalue weighted by Crippen LogP contribution is 2.36. The van der Waals surface area contributed by atoms with Gasteiger partial charge in [0.2, 0.25) is 0 Å². The Morgan fingerprint density at radius 2 is 2.03 bits per heavy atom. The average molecular weight is 393 g/mol. The second-order valence-corrected chi connectivity index (χ2v) is 8.79. The van der Waals surface area contributed by atoms with Crippen LogP contribution in [0.2, 0.25) is 0 Å².